The summed E-state index contributed by atoms with van der Waals surface area (Å²) in [4.78, 5) is 17.2. The van der Waals surface area contributed by atoms with E-state index < -0.39 is 10.0 Å². The minimum atomic E-state index is -3.74. The Labute approximate surface area is 126 Å². The first kappa shape index (κ1) is 14.3. The summed E-state index contributed by atoms with van der Waals surface area (Å²) in [5, 5.41) is 5.08. The molecule has 3 aromatic rings. The Balaban J connectivity index is 2.12. The first-order chi connectivity index (χ1) is 10.4. The van der Waals surface area contributed by atoms with E-state index in [-0.39, 0.29) is 10.6 Å². The molecule has 22 heavy (non-hydrogen) atoms. The number of aromatic nitrogens is 2. The highest BCUT2D eigenvalue weighted by atomic mass is 32.2. The Morgan fingerprint density at radius 3 is 1.77 bits per heavy atom. The zero-order chi connectivity index (χ0) is 15.7. The van der Waals surface area contributed by atoms with Gasteiger partial charge in [-0.05, 0) is 12.1 Å². The van der Waals surface area contributed by atoms with Crippen molar-refractivity contribution in [2.24, 2.45) is 5.14 Å². The fraction of sp³-hybridized carbons (Fsp3) is 0. The molecule has 112 valence electrons. The summed E-state index contributed by atoms with van der Waals surface area (Å²) >= 11 is 0. The van der Waals surface area contributed by atoms with Crippen molar-refractivity contribution in [2.75, 3.05) is 0 Å². The molecule has 0 aliphatic rings. The van der Waals surface area contributed by atoms with Crippen LogP contribution in [0.3, 0.4) is 0 Å². The van der Waals surface area contributed by atoms with Gasteiger partial charge in [0.05, 0.1) is 16.3 Å². The number of sulfonamides is 1. The van der Waals surface area contributed by atoms with Crippen molar-refractivity contribution in [3.05, 3.63) is 65.1 Å². The number of hydrogen-bond acceptors (Lipinski definition) is 3. The third-order valence-corrected chi connectivity index (χ3v) is 4.19. The van der Waals surface area contributed by atoms with Crippen molar-refractivity contribution < 1.29 is 8.42 Å². The molecule has 0 saturated heterocycles. The third kappa shape index (κ3) is 2.72. The Bertz CT molecular complexity index is 955. The lowest BCUT2D eigenvalue weighted by Crippen LogP contribution is -2.11. The number of primary sulfonamides is 1. The smallest absolute Gasteiger partial charge is 0.305 e. The fourth-order valence-electron chi connectivity index (χ4n) is 2.23. The topological polar surface area (TPSA) is 109 Å². The van der Waals surface area contributed by atoms with Gasteiger partial charge < -0.3 is 9.97 Å². The highest BCUT2D eigenvalue weighted by Crippen LogP contribution is 2.28. The molecule has 0 atom stereocenters. The number of imidazole rings is 1. The quantitative estimate of drug-likeness (QED) is 0.684. The van der Waals surface area contributed by atoms with Gasteiger partial charge >= 0.3 is 5.69 Å². The number of rotatable bonds is 3. The highest BCUT2D eigenvalue weighted by molar-refractivity contribution is 7.89. The molecular formula is C15H13N3O3S. The average Bonchev–Trinajstić information content (AvgIpc) is 2.89. The summed E-state index contributed by atoms with van der Waals surface area (Å²) in [5.41, 5.74) is 2.45. The van der Waals surface area contributed by atoms with Crippen molar-refractivity contribution in [1.82, 2.24) is 9.97 Å². The lowest BCUT2D eigenvalue weighted by Gasteiger charge is -2.05. The minimum Gasteiger partial charge on any atom is -0.305 e. The Morgan fingerprint density at radius 1 is 0.773 bits per heavy atom. The maximum Gasteiger partial charge on any atom is 0.323 e. The monoisotopic (exact) mass is 315 g/mol. The van der Waals surface area contributed by atoms with Crippen LogP contribution in [0.25, 0.3) is 22.5 Å². The van der Waals surface area contributed by atoms with Gasteiger partial charge in [-0.3, -0.25) is 0 Å². The maximum absolute atomic E-state index is 11.7. The maximum atomic E-state index is 11.7. The standard InChI is InChI=1S/C15H13N3O3S/c16-22(20,21)12-8-6-11(7-9-12)14-13(17-15(19)18-14)10-4-2-1-3-5-10/h1-9H,(H2,16,20,21)(H2,17,18,19). The van der Waals surface area contributed by atoms with Crippen LogP contribution in [0.15, 0.2) is 64.3 Å². The predicted octanol–water partition coefficient (Wildman–Crippen LogP) is 1.68. The van der Waals surface area contributed by atoms with Crippen LogP contribution in [0, 0.1) is 0 Å². The van der Waals surface area contributed by atoms with E-state index in [1.165, 1.54) is 12.1 Å². The molecule has 1 heterocycles. The number of H-pyrrole nitrogens is 2. The van der Waals surface area contributed by atoms with Gasteiger partial charge in [0.2, 0.25) is 10.0 Å². The van der Waals surface area contributed by atoms with Gasteiger partial charge in [-0.15, -0.1) is 0 Å². The minimum absolute atomic E-state index is 0.0235. The molecule has 4 N–H and O–H groups in total. The number of nitrogens with two attached hydrogens (primary N) is 1. The highest BCUT2D eigenvalue weighted by Gasteiger charge is 2.13. The molecule has 1 aromatic heterocycles. The molecule has 0 saturated carbocycles. The summed E-state index contributed by atoms with van der Waals surface area (Å²) in [7, 11) is -3.74. The number of benzene rings is 2. The molecule has 6 nitrogen and oxygen atoms in total. The summed E-state index contributed by atoms with van der Waals surface area (Å²) in [6, 6.07) is 15.4. The van der Waals surface area contributed by atoms with E-state index in [0.29, 0.717) is 17.0 Å². The van der Waals surface area contributed by atoms with E-state index in [4.69, 9.17) is 5.14 Å². The van der Waals surface area contributed by atoms with E-state index in [0.717, 1.165) is 5.56 Å². The van der Waals surface area contributed by atoms with Gasteiger partial charge in [0.15, 0.2) is 0 Å². The van der Waals surface area contributed by atoms with Gasteiger partial charge in [-0.2, -0.15) is 0 Å². The van der Waals surface area contributed by atoms with Crippen LogP contribution in [-0.4, -0.2) is 18.4 Å². The van der Waals surface area contributed by atoms with Gasteiger partial charge in [-0.25, -0.2) is 18.4 Å². The second kappa shape index (κ2) is 5.28. The van der Waals surface area contributed by atoms with Gasteiger partial charge in [0.1, 0.15) is 0 Å². The number of nitrogens with one attached hydrogen (secondary N) is 2. The van der Waals surface area contributed by atoms with Crippen LogP contribution in [0.2, 0.25) is 0 Å². The molecule has 7 heteroatoms. The summed E-state index contributed by atoms with van der Waals surface area (Å²) < 4.78 is 22.6. The summed E-state index contributed by atoms with van der Waals surface area (Å²) in [6.07, 6.45) is 0. The zero-order valence-electron chi connectivity index (χ0n) is 11.4. The zero-order valence-corrected chi connectivity index (χ0v) is 12.2. The Morgan fingerprint density at radius 2 is 1.27 bits per heavy atom. The molecule has 2 aromatic carbocycles. The molecule has 0 spiro atoms. The summed E-state index contributed by atoms with van der Waals surface area (Å²) in [5.74, 6) is 0. The first-order valence-electron chi connectivity index (χ1n) is 6.46. The molecule has 0 unspecified atom stereocenters. The molecule has 0 bridgehead atoms. The predicted molar refractivity (Wildman–Crippen MR) is 83.7 cm³/mol. The molecular weight excluding hydrogens is 302 g/mol. The van der Waals surface area contributed by atoms with Crippen LogP contribution in [0.5, 0.6) is 0 Å². The lowest BCUT2D eigenvalue weighted by molar-refractivity contribution is 0.598. The molecule has 0 fully saturated rings. The Hall–Kier alpha value is -2.64. The van der Waals surface area contributed by atoms with Crippen LogP contribution in [0.4, 0.5) is 0 Å². The fourth-order valence-corrected chi connectivity index (χ4v) is 2.75. The average molecular weight is 315 g/mol. The second-order valence-corrected chi connectivity index (χ2v) is 6.33. The van der Waals surface area contributed by atoms with Crippen LogP contribution >= 0.6 is 0 Å². The second-order valence-electron chi connectivity index (χ2n) is 4.76. The van der Waals surface area contributed by atoms with Crippen molar-refractivity contribution in [3.63, 3.8) is 0 Å². The molecule has 0 radical (unpaired) electrons. The van der Waals surface area contributed by atoms with E-state index >= 15 is 0 Å². The van der Waals surface area contributed by atoms with Crippen LogP contribution in [-0.2, 0) is 10.0 Å². The molecule has 3 rings (SSSR count). The number of aromatic amines is 2. The van der Waals surface area contributed by atoms with E-state index in [1.807, 2.05) is 30.3 Å². The lowest BCUT2D eigenvalue weighted by atomic mass is 10.1. The number of hydrogen-bond donors (Lipinski definition) is 3. The third-order valence-electron chi connectivity index (χ3n) is 3.26. The molecule has 0 aliphatic carbocycles. The van der Waals surface area contributed by atoms with Crippen molar-refractivity contribution in [3.8, 4) is 22.5 Å². The Kier molecular flexibility index (Phi) is 3.44. The van der Waals surface area contributed by atoms with Crippen molar-refractivity contribution in [1.29, 1.82) is 0 Å². The largest absolute Gasteiger partial charge is 0.323 e. The van der Waals surface area contributed by atoms with Crippen LogP contribution < -0.4 is 10.8 Å². The molecule has 0 amide bonds. The van der Waals surface area contributed by atoms with Gasteiger partial charge in [-0.1, -0.05) is 42.5 Å². The SMILES string of the molecule is NS(=O)(=O)c1ccc(-c2[nH]c(=O)[nH]c2-c2ccccc2)cc1. The normalized spacial score (nSPS) is 11.5. The van der Waals surface area contributed by atoms with Crippen molar-refractivity contribution >= 4 is 10.0 Å². The summed E-state index contributed by atoms with van der Waals surface area (Å²) in [6.45, 7) is 0. The van der Waals surface area contributed by atoms with Crippen LogP contribution in [0.1, 0.15) is 0 Å². The first-order valence-corrected chi connectivity index (χ1v) is 8.01. The van der Waals surface area contributed by atoms with E-state index in [1.54, 1.807) is 12.1 Å². The van der Waals surface area contributed by atoms with E-state index in [9.17, 15) is 13.2 Å². The van der Waals surface area contributed by atoms with E-state index in [2.05, 4.69) is 9.97 Å². The van der Waals surface area contributed by atoms with Gasteiger partial charge in [0, 0.05) is 11.1 Å². The van der Waals surface area contributed by atoms with Crippen molar-refractivity contribution in [2.45, 2.75) is 4.90 Å². The molecule has 0 aliphatic heterocycles. The van der Waals surface area contributed by atoms with Gasteiger partial charge in [0.25, 0.3) is 0 Å².